The van der Waals surface area contributed by atoms with Crippen LogP contribution in [0.25, 0.3) is 0 Å². The van der Waals surface area contributed by atoms with Gasteiger partial charge in [0.2, 0.25) is 0 Å². The van der Waals surface area contributed by atoms with Crippen LogP contribution in [0.15, 0.2) is 24.3 Å². The number of carbonyl (C=O) groups excluding carboxylic acids is 2. The summed E-state index contributed by atoms with van der Waals surface area (Å²) < 4.78 is 12.7. The highest BCUT2D eigenvalue weighted by Gasteiger charge is 2.44. The van der Waals surface area contributed by atoms with E-state index in [1.165, 1.54) is 0 Å². The topological polar surface area (TPSA) is 52.6 Å². The lowest BCUT2D eigenvalue weighted by atomic mass is 10.4. The van der Waals surface area contributed by atoms with Gasteiger partial charge in [0.25, 0.3) is 16.6 Å². The van der Waals surface area contributed by atoms with Crippen LogP contribution in [0.1, 0.15) is 92.9 Å². The maximum absolute atomic E-state index is 12.6. The Morgan fingerprint density at radius 2 is 0.812 bits per heavy atom. The second kappa shape index (κ2) is 16.5. The molecule has 6 heteroatoms. The second-order valence-electron chi connectivity index (χ2n) is 9.62. The summed E-state index contributed by atoms with van der Waals surface area (Å²) in [5, 5.41) is 0. The highest BCUT2D eigenvalue weighted by Crippen LogP contribution is 2.37. The molecule has 0 saturated carbocycles. The average Bonchev–Trinajstić information content (AvgIpc) is 2.76. The van der Waals surface area contributed by atoms with E-state index in [0.29, 0.717) is 11.1 Å². The molecule has 0 amide bonds. The summed E-state index contributed by atoms with van der Waals surface area (Å²) in [4.78, 5) is 25.3. The van der Waals surface area contributed by atoms with Crippen LogP contribution in [0.4, 0.5) is 0 Å². The van der Waals surface area contributed by atoms with E-state index < -0.39 is 16.6 Å². The van der Waals surface area contributed by atoms with Crippen molar-refractivity contribution in [2.75, 3.05) is 0 Å². The van der Waals surface area contributed by atoms with Gasteiger partial charge in [0.15, 0.2) is 0 Å². The van der Waals surface area contributed by atoms with Gasteiger partial charge < -0.3 is 8.85 Å². The summed E-state index contributed by atoms with van der Waals surface area (Å²) in [6.45, 7) is 19.9. The van der Waals surface area contributed by atoms with Gasteiger partial charge in [-0.05, 0) is 50.1 Å². The van der Waals surface area contributed by atoms with Gasteiger partial charge in [0.05, 0.1) is 0 Å². The molecule has 0 aromatic rings. The van der Waals surface area contributed by atoms with Crippen molar-refractivity contribution in [1.82, 2.24) is 0 Å². The highest BCUT2D eigenvalue weighted by atomic mass is 28.4. The first kappa shape index (κ1) is 30.9. The molecule has 0 spiro atoms. The third kappa shape index (κ3) is 11.6. The van der Waals surface area contributed by atoms with E-state index in [1.54, 1.807) is 13.8 Å². The fourth-order valence-corrected chi connectivity index (χ4v) is 15.0. The van der Waals surface area contributed by atoms with Crippen LogP contribution in [0.5, 0.6) is 0 Å². The maximum Gasteiger partial charge on any atom is 0.319 e. The molecule has 0 unspecified atom stereocenters. The zero-order chi connectivity index (χ0) is 24.6. The molecule has 0 aliphatic rings. The number of rotatable bonds is 19. The summed E-state index contributed by atoms with van der Waals surface area (Å²) in [6, 6.07) is 5.75. The van der Waals surface area contributed by atoms with Gasteiger partial charge in [-0.15, -0.1) is 0 Å². The van der Waals surface area contributed by atoms with Crippen LogP contribution in [-0.2, 0) is 18.4 Å². The zero-order valence-electron chi connectivity index (χ0n) is 21.9. The Kier molecular flexibility index (Phi) is 15.9. The van der Waals surface area contributed by atoms with Crippen molar-refractivity contribution < 1.29 is 18.4 Å². The number of unbranched alkanes of at least 4 members (excludes halogenated alkanes) is 4. The molecular formula is C26H50O4Si2. The van der Waals surface area contributed by atoms with E-state index in [2.05, 4.69) is 40.9 Å². The molecule has 0 heterocycles. The fraction of sp³-hybridized carbons (Fsp3) is 0.769. The van der Waals surface area contributed by atoms with E-state index in [4.69, 9.17) is 8.85 Å². The summed E-state index contributed by atoms with van der Waals surface area (Å²) in [5.74, 6) is -0.477. The van der Waals surface area contributed by atoms with Crippen LogP contribution < -0.4 is 0 Å². The van der Waals surface area contributed by atoms with Crippen molar-refractivity contribution in [3.05, 3.63) is 24.3 Å². The van der Waals surface area contributed by atoms with Gasteiger partial charge in [-0.1, -0.05) is 92.2 Å². The normalized spacial score (nSPS) is 11.8. The fourth-order valence-electron chi connectivity index (χ4n) is 4.08. The third-order valence-electron chi connectivity index (χ3n) is 6.30. The molecule has 0 atom stereocenters. The van der Waals surface area contributed by atoms with Crippen LogP contribution in [0.2, 0.25) is 36.3 Å². The average molecular weight is 483 g/mol. The highest BCUT2D eigenvalue weighted by molar-refractivity contribution is 6.80. The smallest absolute Gasteiger partial charge is 0.319 e. The number of carbonyl (C=O) groups is 2. The van der Waals surface area contributed by atoms with E-state index in [0.717, 1.165) is 87.6 Å². The standard InChI is InChI=1S/C26H50O4Si2/c1-9-13-17-31(18-14-10-2,29-25(27)23(5)6)21-22-32(19-15-11-3,20-16-12-4)30-26(28)24(7)8/h5,7,9-22H2,1-4,6,8H3. The molecule has 0 aromatic carbocycles. The Balaban J connectivity index is 6.01. The first-order valence-corrected chi connectivity index (χ1v) is 17.9. The molecule has 0 rings (SSSR count). The summed E-state index contributed by atoms with van der Waals surface area (Å²) in [6.07, 6.45) is 8.64. The van der Waals surface area contributed by atoms with Gasteiger partial charge in [-0.3, -0.25) is 0 Å². The molecule has 0 aliphatic carbocycles. The first-order chi connectivity index (χ1) is 15.1. The predicted molar refractivity (Wildman–Crippen MR) is 142 cm³/mol. The molecule has 0 aliphatic heterocycles. The molecule has 4 nitrogen and oxygen atoms in total. The molecule has 32 heavy (non-hydrogen) atoms. The lowest BCUT2D eigenvalue weighted by Gasteiger charge is -2.37. The maximum atomic E-state index is 12.6. The van der Waals surface area contributed by atoms with E-state index in [9.17, 15) is 9.59 Å². The molecule has 0 radical (unpaired) electrons. The molecule has 186 valence electrons. The van der Waals surface area contributed by atoms with Gasteiger partial charge in [0, 0.05) is 11.1 Å². The minimum absolute atomic E-state index is 0.239. The van der Waals surface area contributed by atoms with Crippen molar-refractivity contribution in [2.45, 2.75) is 129 Å². The minimum Gasteiger partial charge on any atom is -0.516 e. The molecule has 0 N–H and O–H groups in total. The number of hydrogen-bond donors (Lipinski definition) is 0. The van der Waals surface area contributed by atoms with Crippen LogP contribution in [0, 0.1) is 0 Å². The Bertz CT molecular complexity index is 533. The Morgan fingerprint density at radius 1 is 0.562 bits per heavy atom. The third-order valence-corrected chi connectivity index (χ3v) is 15.4. The van der Waals surface area contributed by atoms with Crippen LogP contribution >= 0.6 is 0 Å². The predicted octanol–water partition coefficient (Wildman–Crippen LogP) is 8.32. The molecule has 0 fully saturated rings. The molecule has 0 bridgehead atoms. The Morgan fingerprint density at radius 3 is 1.00 bits per heavy atom. The van der Waals surface area contributed by atoms with Crippen molar-refractivity contribution in [1.29, 1.82) is 0 Å². The van der Waals surface area contributed by atoms with E-state index in [1.807, 2.05) is 0 Å². The summed E-state index contributed by atoms with van der Waals surface area (Å²) in [7, 11) is -4.64. The Hall–Kier alpha value is -1.15. The zero-order valence-corrected chi connectivity index (χ0v) is 23.9. The van der Waals surface area contributed by atoms with E-state index in [-0.39, 0.29) is 11.9 Å². The molecule has 0 aromatic heterocycles. The first-order valence-electron chi connectivity index (χ1n) is 12.9. The van der Waals surface area contributed by atoms with Crippen LogP contribution in [0.3, 0.4) is 0 Å². The molecular weight excluding hydrogens is 432 g/mol. The largest absolute Gasteiger partial charge is 0.516 e. The monoisotopic (exact) mass is 482 g/mol. The second-order valence-corrected chi connectivity index (χ2v) is 17.8. The van der Waals surface area contributed by atoms with Crippen molar-refractivity contribution in [2.24, 2.45) is 0 Å². The van der Waals surface area contributed by atoms with Gasteiger partial charge in [-0.25, -0.2) is 9.59 Å². The summed E-state index contributed by atoms with van der Waals surface area (Å²) >= 11 is 0. The van der Waals surface area contributed by atoms with Gasteiger partial charge in [0.1, 0.15) is 0 Å². The van der Waals surface area contributed by atoms with E-state index >= 15 is 0 Å². The van der Waals surface area contributed by atoms with Crippen LogP contribution in [-0.4, -0.2) is 28.6 Å². The van der Waals surface area contributed by atoms with Gasteiger partial charge in [-0.2, -0.15) is 0 Å². The lowest BCUT2D eigenvalue weighted by Crippen LogP contribution is -2.46. The quantitative estimate of drug-likeness (QED) is 0.137. The SMILES string of the molecule is C=C(C)C(=O)O[Si](CCCC)(CCCC)CC[Si](CCCC)(CCCC)OC(=O)C(=C)C. The number of hydrogen-bond acceptors (Lipinski definition) is 4. The van der Waals surface area contributed by atoms with Crippen molar-refractivity contribution >= 4 is 28.6 Å². The molecule has 0 saturated heterocycles. The van der Waals surface area contributed by atoms with Gasteiger partial charge >= 0.3 is 11.9 Å². The Labute approximate surface area is 200 Å². The van der Waals surface area contributed by atoms with Crippen molar-refractivity contribution in [3.8, 4) is 0 Å². The summed E-state index contributed by atoms with van der Waals surface area (Å²) in [5.41, 5.74) is 0.952. The minimum atomic E-state index is -2.32. The lowest BCUT2D eigenvalue weighted by molar-refractivity contribution is -0.132. The van der Waals surface area contributed by atoms with Crippen molar-refractivity contribution in [3.63, 3.8) is 0 Å².